The molecule has 0 aromatic heterocycles. The number of hydrogen-bond donors (Lipinski definition) is 0. The van der Waals surface area contributed by atoms with Crippen LogP contribution in [-0.2, 0) is 19.7 Å². The van der Waals surface area contributed by atoms with Gasteiger partial charge in [-0.1, -0.05) is 32.9 Å². The van der Waals surface area contributed by atoms with Crippen LogP contribution in [0.3, 0.4) is 0 Å². The highest BCUT2D eigenvalue weighted by atomic mass is 32.2. The van der Waals surface area contributed by atoms with Crippen LogP contribution in [0.25, 0.3) is 0 Å². The Labute approximate surface area is 115 Å². The maximum Gasteiger partial charge on any atom is 0.264 e. The van der Waals surface area contributed by atoms with E-state index in [4.69, 9.17) is 4.74 Å². The van der Waals surface area contributed by atoms with Gasteiger partial charge in [0.1, 0.15) is 18.5 Å². The molecule has 108 valence electrons. The van der Waals surface area contributed by atoms with Crippen LogP contribution in [0.1, 0.15) is 33.3 Å². The van der Waals surface area contributed by atoms with Gasteiger partial charge in [-0.15, -0.1) is 0 Å². The lowest BCUT2D eigenvalue weighted by Gasteiger charge is -2.20. The van der Waals surface area contributed by atoms with Crippen molar-refractivity contribution in [3.05, 3.63) is 29.8 Å². The Hall–Kier alpha value is -1.07. The van der Waals surface area contributed by atoms with Gasteiger partial charge in [-0.2, -0.15) is 8.42 Å². The molecule has 1 aromatic carbocycles. The van der Waals surface area contributed by atoms with Gasteiger partial charge < -0.3 is 4.74 Å². The summed E-state index contributed by atoms with van der Waals surface area (Å²) in [6.07, 6.45) is 0.702. The quantitative estimate of drug-likeness (QED) is 0.781. The second-order valence-electron chi connectivity index (χ2n) is 5.69. The molecule has 0 fully saturated rings. The van der Waals surface area contributed by atoms with E-state index < -0.39 is 10.1 Å². The summed E-state index contributed by atoms with van der Waals surface area (Å²) in [5, 5.41) is 0. The molecule has 0 bridgehead atoms. The largest absolute Gasteiger partial charge is 0.488 e. The topological polar surface area (TPSA) is 52.6 Å². The monoisotopic (exact) mass is 286 g/mol. The molecule has 0 aliphatic carbocycles. The van der Waals surface area contributed by atoms with E-state index in [-0.39, 0.29) is 18.1 Å². The summed E-state index contributed by atoms with van der Waals surface area (Å²) in [6.45, 7) is 8.21. The van der Waals surface area contributed by atoms with Crippen molar-refractivity contribution in [2.75, 3.05) is 12.9 Å². The fraction of sp³-hybridized carbons (Fsp3) is 0.571. The minimum absolute atomic E-state index is 0.0137. The van der Waals surface area contributed by atoms with Crippen LogP contribution >= 0.6 is 0 Å². The molecule has 0 N–H and O–H groups in total. The molecule has 1 atom stereocenters. The van der Waals surface area contributed by atoms with Crippen LogP contribution in [0.4, 0.5) is 0 Å². The van der Waals surface area contributed by atoms with Gasteiger partial charge >= 0.3 is 0 Å². The third kappa shape index (κ3) is 6.07. The Morgan fingerprint density at radius 3 is 2.11 bits per heavy atom. The molecule has 0 amide bonds. The average Bonchev–Trinajstić information content (AvgIpc) is 2.25. The lowest BCUT2D eigenvalue weighted by Crippen LogP contribution is -2.21. The van der Waals surface area contributed by atoms with E-state index in [1.165, 1.54) is 5.56 Å². The molecule has 19 heavy (non-hydrogen) atoms. The smallest absolute Gasteiger partial charge is 0.264 e. The highest BCUT2D eigenvalue weighted by molar-refractivity contribution is 7.85. The number of rotatable bonds is 5. The Kier molecular flexibility index (Phi) is 4.98. The predicted molar refractivity (Wildman–Crippen MR) is 76.0 cm³/mol. The van der Waals surface area contributed by atoms with Crippen molar-refractivity contribution in [1.82, 2.24) is 0 Å². The van der Waals surface area contributed by atoms with Gasteiger partial charge in [0.2, 0.25) is 0 Å². The molecular formula is C14H22O4S. The standard InChI is InChI=1S/C14H22O4S/c1-11(10-17-19(5,15)16)18-13-8-6-12(7-9-13)14(2,3)4/h6-9,11H,10H2,1-5H3. The van der Waals surface area contributed by atoms with Gasteiger partial charge in [0.05, 0.1) is 6.26 Å². The van der Waals surface area contributed by atoms with Gasteiger partial charge in [0.25, 0.3) is 10.1 Å². The third-order valence-corrected chi connectivity index (χ3v) is 3.14. The molecule has 4 nitrogen and oxygen atoms in total. The van der Waals surface area contributed by atoms with Crippen molar-refractivity contribution in [3.8, 4) is 5.75 Å². The highest BCUT2D eigenvalue weighted by Crippen LogP contribution is 2.24. The Morgan fingerprint density at radius 1 is 1.16 bits per heavy atom. The summed E-state index contributed by atoms with van der Waals surface area (Å²) in [4.78, 5) is 0. The number of ether oxygens (including phenoxy) is 1. The van der Waals surface area contributed by atoms with Crippen LogP contribution in [0.5, 0.6) is 5.75 Å². The van der Waals surface area contributed by atoms with Crippen LogP contribution in [-0.4, -0.2) is 27.4 Å². The molecule has 1 aromatic rings. The van der Waals surface area contributed by atoms with Crippen molar-refractivity contribution >= 4 is 10.1 Å². The molecule has 5 heteroatoms. The lowest BCUT2D eigenvalue weighted by molar-refractivity contribution is 0.147. The summed E-state index contributed by atoms with van der Waals surface area (Å²) in [5.41, 5.74) is 1.32. The first-order valence-corrected chi connectivity index (χ1v) is 8.01. The average molecular weight is 286 g/mol. The van der Waals surface area contributed by atoms with E-state index in [9.17, 15) is 8.42 Å². The number of benzene rings is 1. The summed E-state index contributed by atoms with van der Waals surface area (Å²) in [6, 6.07) is 7.80. The molecule has 0 spiro atoms. The van der Waals surface area contributed by atoms with Gasteiger partial charge in [-0.05, 0) is 30.0 Å². The molecule has 0 saturated carbocycles. The molecule has 0 radical (unpaired) electrons. The second kappa shape index (κ2) is 5.92. The van der Waals surface area contributed by atoms with Crippen molar-refractivity contribution in [2.24, 2.45) is 0 Å². The lowest BCUT2D eigenvalue weighted by atomic mass is 9.87. The van der Waals surface area contributed by atoms with E-state index in [0.717, 1.165) is 6.26 Å². The predicted octanol–water partition coefficient (Wildman–Crippen LogP) is 2.73. The zero-order valence-corrected chi connectivity index (χ0v) is 13.0. The van der Waals surface area contributed by atoms with E-state index in [0.29, 0.717) is 5.75 Å². The minimum Gasteiger partial charge on any atom is -0.488 e. The third-order valence-electron chi connectivity index (χ3n) is 2.57. The van der Waals surface area contributed by atoms with Crippen LogP contribution in [0, 0.1) is 0 Å². The van der Waals surface area contributed by atoms with Crippen molar-refractivity contribution in [3.63, 3.8) is 0 Å². The Morgan fingerprint density at radius 2 is 1.68 bits per heavy atom. The van der Waals surface area contributed by atoms with Crippen LogP contribution < -0.4 is 4.74 Å². The Balaban J connectivity index is 2.58. The van der Waals surface area contributed by atoms with E-state index in [1.54, 1.807) is 6.92 Å². The summed E-state index contributed by atoms with van der Waals surface area (Å²) in [5.74, 6) is 0.706. The molecule has 0 heterocycles. The van der Waals surface area contributed by atoms with Gasteiger partial charge in [-0.25, -0.2) is 0 Å². The molecule has 1 rings (SSSR count). The maximum absolute atomic E-state index is 10.9. The van der Waals surface area contributed by atoms with Gasteiger partial charge in [-0.3, -0.25) is 4.18 Å². The van der Waals surface area contributed by atoms with E-state index >= 15 is 0 Å². The highest BCUT2D eigenvalue weighted by Gasteiger charge is 2.14. The van der Waals surface area contributed by atoms with E-state index in [1.807, 2.05) is 24.3 Å². The van der Waals surface area contributed by atoms with Crippen LogP contribution in [0.2, 0.25) is 0 Å². The molecular weight excluding hydrogens is 264 g/mol. The summed E-state index contributed by atoms with van der Waals surface area (Å²) in [7, 11) is -3.42. The zero-order valence-electron chi connectivity index (χ0n) is 12.1. The normalized spacial score (nSPS) is 14.2. The first kappa shape index (κ1) is 16.0. The van der Waals surface area contributed by atoms with Crippen molar-refractivity contribution < 1.29 is 17.3 Å². The summed E-state index contributed by atoms with van der Waals surface area (Å²) < 4.78 is 32.0. The molecule has 1 unspecified atom stereocenters. The first-order valence-electron chi connectivity index (χ1n) is 6.19. The van der Waals surface area contributed by atoms with Crippen LogP contribution in [0.15, 0.2) is 24.3 Å². The maximum atomic E-state index is 10.9. The fourth-order valence-corrected chi connectivity index (χ4v) is 1.96. The zero-order chi connectivity index (χ0) is 14.7. The first-order chi connectivity index (χ1) is 8.58. The van der Waals surface area contributed by atoms with Crippen molar-refractivity contribution in [2.45, 2.75) is 39.2 Å². The fourth-order valence-electron chi connectivity index (χ4n) is 1.52. The second-order valence-corrected chi connectivity index (χ2v) is 7.34. The molecule has 0 saturated heterocycles. The molecule has 0 aliphatic rings. The SMILES string of the molecule is CC(COS(C)(=O)=O)Oc1ccc(C(C)(C)C)cc1. The van der Waals surface area contributed by atoms with E-state index in [2.05, 4.69) is 25.0 Å². The Bertz CT molecular complexity index is 497. The molecule has 0 aliphatic heterocycles. The number of hydrogen-bond acceptors (Lipinski definition) is 4. The van der Waals surface area contributed by atoms with Gasteiger partial charge in [0.15, 0.2) is 0 Å². The minimum atomic E-state index is -3.42. The van der Waals surface area contributed by atoms with Crippen molar-refractivity contribution in [1.29, 1.82) is 0 Å². The van der Waals surface area contributed by atoms with Gasteiger partial charge in [0, 0.05) is 0 Å². The summed E-state index contributed by atoms with van der Waals surface area (Å²) >= 11 is 0.